The Labute approximate surface area is 123 Å². The number of aromatic nitrogens is 2. The molecule has 2 N–H and O–H groups in total. The van der Waals surface area contributed by atoms with Gasteiger partial charge in [-0.25, -0.2) is 5.43 Å². The first-order chi connectivity index (χ1) is 10.1. The van der Waals surface area contributed by atoms with E-state index in [2.05, 4.69) is 15.5 Å². The third-order valence-electron chi connectivity index (χ3n) is 3.01. The van der Waals surface area contributed by atoms with Crippen molar-refractivity contribution in [3.05, 3.63) is 63.3 Å². The smallest absolute Gasteiger partial charge is 0.272 e. The quantitative estimate of drug-likeness (QED) is 0.697. The number of aromatic amines is 1. The van der Waals surface area contributed by atoms with Gasteiger partial charge in [-0.1, -0.05) is 23.5 Å². The average Bonchev–Trinajstić information content (AvgIpc) is 2.82. The van der Waals surface area contributed by atoms with Gasteiger partial charge in [0, 0.05) is 19.3 Å². The van der Waals surface area contributed by atoms with Crippen molar-refractivity contribution in [3.8, 4) is 0 Å². The number of amides is 1. The number of hydrogen-bond acceptors (Lipinski definition) is 4. The van der Waals surface area contributed by atoms with Crippen molar-refractivity contribution in [1.82, 2.24) is 15.0 Å². The number of hydrogen-bond donors (Lipinski definition) is 2. The van der Waals surface area contributed by atoms with E-state index in [0.717, 1.165) is 10.2 Å². The predicted octanol–water partition coefficient (Wildman–Crippen LogP) is 1.17. The molecule has 0 saturated carbocycles. The van der Waals surface area contributed by atoms with Gasteiger partial charge in [-0.05, 0) is 18.2 Å². The zero-order chi connectivity index (χ0) is 14.8. The summed E-state index contributed by atoms with van der Waals surface area (Å²) >= 11 is 1.49. The number of pyridine rings is 1. The Kier molecular flexibility index (Phi) is 3.41. The number of rotatable bonds is 2. The Morgan fingerprint density at radius 2 is 2.10 bits per heavy atom. The Balaban J connectivity index is 1.91. The molecule has 7 heteroatoms. The molecule has 1 amide bonds. The molecule has 3 aromatic rings. The van der Waals surface area contributed by atoms with Gasteiger partial charge in [0.05, 0.1) is 15.8 Å². The van der Waals surface area contributed by atoms with Crippen molar-refractivity contribution >= 4 is 27.5 Å². The van der Waals surface area contributed by atoms with Gasteiger partial charge in [-0.3, -0.25) is 9.59 Å². The SMILES string of the molecule is Cn1/c(=N\NC(=O)c2ccc(=O)[nH]c2)sc2ccccc21. The van der Waals surface area contributed by atoms with E-state index in [9.17, 15) is 9.59 Å². The molecular formula is C14H12N4O2S. The first-order valence-electron chi connectivity index (χ1n) is 6.22. The molecule has 0 aliphatic heterocycles. The molecule has 0 radical (unpaired) electrons. The predicted molar refractivity (Wildman–Crippen MR) is 80.9 cm³/mol. The molecule has 0 spiro atoms. The maximum atomic E-state index is 11.9. The van der Waals surface area contributed by atoms with Crippen molar-refractivity contribution in [2.45, 2.75) is 0 Å². The second-order valence-electron chi connectivity index (χ2n) is 4.41. The van der Waals surface area contributed by atoms with Gasteiger partial charge in [0.15, 0.2) is 0 Å². The molecule has 2 heterocycles. The number of carbonyl (C=O) groups is 1. The summed E-state index contributed by atoms with van der Waals surface area (Å²) in [6.45, 7) is 0. The Morgan fingerprint density at radius 1 is 1.29 bits per heavy atom. The lowest BCUT2D eigenvalue weighted by Crippen LogP contribution is -2.23. The number of para-hydroxylation sites is 1. The average molecular weight is 300 g/mol. The molecule has 0 saturated heterocycles. The number of nitrogens with zero attached hydrogens (tertiary/aromatic N) is 2. The second-order valence-corrected chi connectivity index (χ2v) is 5.41. The first kappa shape index (κ1) is 13.3. The minimum Gasteiger partial charge on any atom is -0.328 e. The third-order valence-corrected chi connectivity index (χ3v) is 4.13. The van der Waals surface area contributed by atoms with Crippen molar-refractivity contribution in [1.29, 1.82) is 0 Å². The molecule has 0 unspecified atom stereocenters. The van der Waals surface area contributed by atoms with Gasteiger partial charge in [-0.2, -0.15) is 0 Å². The highest BCUT2D eigenvalue weighted by atomic mass is 32.1. The number of thiazole rings is 1. The fraction of sp³-hybridized carbons (Fsp3) is 0.0714. The standard InChI is InChI=1S/C14H12N4O2S/c1-18-10-4-2-3-5-11(10)21-14(18)17-16-13(20)9-6-7-12(19)15-8-9/h2-8H,1H3,(H,15,19)(H,16,20)/b17-14+. The van der Waals surface area contributed by atoms with E-state index in [1.807, 2.05) is 35.9 Å². The highest BCUT2D eigenvalue weighted by Gasteiger charge is 2.05. The molecule has 0 aliphatic rings. The van der Waals surface area contributed by atoms with Gasteiger partial charge >= 0.3 is 0 Å². The lowest BCUT2D eigenvalue weighted by Gasteiger charge is -1.98. The lowest BCUT2D eigenvalue weighted by molar-refractivity contribution is 0.0952. The number of aryl methyl sites for hydroxylation is 1. The van der Waals surface area contributed by atoms with E-state index in [-0.39, 0.29) is 11.5 Å². The van der Waals surface area contributed by atoms with Crippen LogP contribution in [0, 0.1) is 0 Å². The molecule has 6 nitrogen and oxygen atoms in total. The molecule has 106 valence electrons. The monoisotopic (exact) mass is 300 g/mol. The summed E-state index contributed by atoms with van der Waals surface area (Å²) in [5, 5.41) is 4.13. The fourth-order valence-electron chi connectivity index (χ4n) is 1.90. The normalized spacial score (nSPS) is 11.8. The van der Waals surface area contributed by atoms with Crippen LogP contribution in [0.4, 0.5) is 0 Å². The number of benzene rings is 1. The van der Waals surface area contributed by atoms with Crippen LogP contribution in [-0.2, 0) is 7.05 Å². The summed E-state index contributed by atoms with van der Waals surface area (Å²) in [7, 11) is 1.89. The van der Waals surface area contributed by atoms with Crippen LogP contribution in [0.3, 0.4) is 0 Å². The summed E-state index contributed by atoms with van der Waals surface area (Å²) in [5.41, 5.74) is 3.64. The van der Waals surface area contributed by atoms with Crippen molar-refractivity contribution < 1.29 is 4.79 Å². The summed E-state index contributed by atoms with van der Waals surface area (Å²) in [5.74, 6) is -0.372. The zero-order valence-corrected chi connectivity index (χ0v) is 12.0. The minimum atomic E-state index is -0.372. The number of nitrogens with one attached hydrogen (secondary N) is 2. The summed E-state index contributed by atoms with van der Waals surface area (Å²) in [6.07, 6.45) is 1.36. The fourth-order valence-corrected chi connectivity index (χ4v) is 2.88. The number of fused-ring (bicyclic) bond motifs is 1. The summed E-state index contributed by atoms with van der Waals surface area (Å²) in [6, 6.07) is 10.7. The summed E-state index contributed by atoms with van der Waals surface area (Å²) < 4.78 is 3.00. The van der Waals surface area contributed by atoms with E-state index in [0.29, 0.717) is 10.4 Å². The maximum absolute atomic E-state index is 11.9. The van der Waals surface area contributed by atoms with Crippen LogP contribution in [0.15, 0.2) is 52.5 Å². The van der Waals surface area contributed by atoms with Gasteiger partial charge in [0.2, 0.25) is 10.4 Å². The van der Waals surface area contributed by atoms with Crippen LogP contribution >= 0.6 is 11.3 Å². The maximum Gasteiger partial charge on any atom is 0.272 e. The molecular weight excluding hydrogens is 288 g/mol. The van der Waals surface area contributed by atoms with Gasteiger partial charge in [0.1, 0.15) is 0 Å². The van der Waals surface area contributed by atoms with Crippen LogP contribution in [0.2, 0.25) is 0 Å². The van der Waals surface area contributed by atoms with Crippen LogP contribution in [-0.4, -0.2) is 15.5 Å². The Hall–Kier alpha value is -2.67. The Morgan fingerprint density at radius 3 is 2.81 bits per heavy atom. The zero-order valence-electron chi connectivity index (χ0n) is 11.2. The minimum absolute atomic E-state index is 0.251. The van der Waals surface area contributed by atoms with E-state index in [1.54, 1.807) is 0 Å². The highest BCUT2D eigenvalue weighted by molar-refractivity contribution is 7.16. The molecule has 1 aromatic carbocycles. The molecule has 2 aromatic heterocycles. The third kappa shape index (κ3) is 2.63. The van der Waals surface area contributed by atoms with Crippen molar-refractivity contribution in [2.24, 2.45) is 12.1 Å². The van der Waals surface area contributed by atoms with Crippen LogP contribution in [0.5, 0.6) is 0 Å². The van der Waals surface area contributed by atoms with Gasteiger partial charge in [-0.15, -0.1) is 5.10 Å². The Bertz CT molecular complexity index is 915. The first-order valence-corrected chi connectivity index (χ1v) is 7.04. The van der Waals surface area contributed by atoms with E-state index >= 15 is 0 Å². The van der Waals surface area contributed by atoms with E-state index in [1.165, 1.54) is 29.7 Å². The summed E-state index contributed by atoms with van der Waals surface area (Å²) in [4.78, 5) is 26.0. The lowest BCUT2D eigenvalue weighted by atomic mass is 10.3. The van der Waals surface area contributed by atoms with Crippen LogP contribution in [0.25, 0.3) is 10.2 Å². The number of H-pyrrole nitrogens is 1. The topological polar surface area (TPSA) is 79.2 Å². The molecule has 0 bridgehead atoms. The van der Waals surface area contributed by atoms with Crippen LogP contribution < -0.4 is 15.8 Å². The highest BCUT2D eigenvalue weighted by Crippen LogP contribution is 2.14. The molecule has 0 fully saturated rings. The van der Waals surface area contributed by atoms with E-state index < -0.39 is 0 Å². The van der Waals surface area contributed by atoms with Crippen molar-refractivity contribution in [2.75, 3.05) is 0 Å². The van der Waals surface area contributed by atoms with Gasteiger partial charge < -0.3 is 9.55 Å². The second kappa shape index (κ2) is 5.37. The molecule has 3 rings (SSSR count). The molecule has 0 atom stereocenters. The van der Waals surface area contributed by atoms with Crippen LogP contribution in [0.1, 0.15) is 10.4 Å². The number of carbonyl (C=O) groups excluding carboxylic acids is 1. The van der Waals surface area contributed by atoms with Gasteiger partial charge in [0.25, 0.3) is 5.91 Å². The largest absolute Gasteiger partial charge is 0.328 e. The molecule has 21 heavy (non-hydrogen) atoms. The van der Waals surface area contributed by atoms with E-state index in [4.69, 9.17) is 0 Å². The molecule has 0 aliphatic carbocycles. The van der Waals surface area contributed by atoms with Crippen molar-refractivity contribution in [3.63, 3.8) is 0 Å².